The Labute approximate surface area is 71.7 Å². The van der Waals surface area contributed by atoms with E-state index in [0.717, 1.165) is 10.7 Å². The van der Waals surface area contributed by atoms with Gasteiger partial charge in [-0.2, -0.15) is 0 Å². The smallest absolute Gasteiger partial charge is 0.0676 e. The Morgan fingerprint density at radius 1 is 1.27 bits per heavy atom. The average Bonchev–Trinajstić information content (AvgIpc) is 1.93. The molecular weight excluding hydrogens is 160 g/mol. The van der Waals surface area contributed by atoms with Gasteiger partial charge in [-0.1, -0.05) is 23.7 Å². The van der Waals surface area contributed by atoms with E-state index >= 15 is 0 Å². The van der Waals surface area contributed by atoms with Gasteiger partial charge in [0.05, 0.1) is 10.7 Å². The van der Waals surface area contributed by atoms with E-state index in [1.165, 1.54) is 0 Å². The van der Waals surface area contributed by atoms with Crippen LogP contribution in [0.1, 0.15) is 0 Å². The fourth-order valence-corrected chi connectivity index (χ4v) is 0.971. The number of hydrogen-bond donors (Lipinski definition) is 1. The maximum atomic E-state index is 5.88. The Bertz CT molecular complexity index is 235. The molecule has 1 aromatic carbocycles. The summed E-state index contributed by atoms with van der Waals surface area (Å²) in [5.41, 5.74) is 4.00. The third kappa shape index (κ3) is 2.41. The van der Waals surface area contributed by atoms with Crippen LogP contribution in [0, 0.1) is 0 Å². The molecule has 0 amide bonds. The first-order chi connectivity index (χ1) is 5.20. The van der Waals surface area contributed by atoms with Gasteiger partial charge in [-0.3, -0.25) is 0 Å². The Balaban J connectivity index is 2.78. The van der Waals surface area contributed by atoms with E-state index in [1.54, 1.807) is 0 Å². The fourth-order valence-electron chi connectivity index (χ4n) is 0.793. The molecule has 0 aromatic heterocycles. The van der Waals surface area contributed by atoms with Gasteiger partial charge in [0.1, 0.15) is 0 Å². The number of nitrogens with one attached hydrogen (secondary N) is 1. The molecule has 0 spiro atoms. The highest BCUT2D eigenvalue weighted by Gasteiger charge is 1.96. The van der Waals surface area contributed by atoms with Crippen LogP contribution in [0.25, 0.3) is 0 Å². The number of rotatable bonds is 2. The van der Waals surface area contributed by atoms with Crippen LogP contribution in [0.4, 0.5) is 5.69 Å². The molecule has 60 valence electrons. The lowest BCUT2D eigenvalue weighted by Crippen LogP contribution is -2.19. The van der Waals surface area contributed by atoms with E-state index in [1.807, 2.05) is 43.4 Å². The van der Waals surface area contributed by atoms with Crippen LogP contribution in [0.3, 0.4) is 0 Å². The lowest BCUT2D eigenvalue weighted by Gasteiger charge is -2.13. The van der Waals surface area contributed by atoms with Gasteiger partial charge in [-0.15, -0.1) is 0 Å². The van der Waals surface area contributed by atoms with Crippen molar-refractivity contribution in [3.63, 3.8) is 0 Å². The van der Waals surface area contributed by atoms with Crippen LogP contribution in [0.2, 0.25) is 5.02 Å². The molecule has 0 atom stereocenters. The summed E-state index contributed by atoms with van der Waals surface area (Å²) >= 11 is 5.88. The second-order valence-electron chi connectivity index (χ2n) is 2.49. The van der Waals surface area contributed by atoms with Crippen LogP contribution in [0.15, 0.2) is 24.3 Å². The van der Waals surface area contributed by atoms with Crippen LogP contribution in [0.5, 0.6) is 0 Å². The molecule has 0 fully saturated rings. The first-order valence-corrected chi connectivity index (χ1v) is 3.76. The number of halogens is 1. The number of benzene rings is 1. The van der Waals surface area contributed by atoms with Crippen LogP contribution in [-0.4, -0.2) is 19.1 Å². The minimum Gasteiger partial charge on any atom is -0.318 e. The van der Waals surface area contributed by atoms with Crippen molar-refractivity contribution >= 4 is 17.3 Å². The van der Waals surface area contributed by atoms with Gasteiger partial charge in [-0.05, 0) is 12.1 Å². The molecular formula is C8H11ClN2. The summed E-state index contributed by atoms with van der Waals surface area (Å²) in [6.07, 6.45) is 0. The quantitative estimate of drug-likeness (QED) is 0.685. The Morgan fingerprint density at radius 2 is 1.91 bits per heavy atom. The van der Waals surface area contributed by atoms with Gasteiger partial charge >= 0.3 is 0 Å². The number of nitrogens with zero attached hydrogens (tertiary/aromatic N) is 1. The third-order valence-electron chi connectivity index (χ3n) is 1.22. The van der Waals surface area contributed by atoms with Crippen molar-refractivity contribution in [2.45, 2.75) is 0 Å². The van der Waals surface area contributed by atoms with Crippen molar-refractivity contribution in [2.75, 3.05) is 19.5 Å². The molecule has 0 bridgehead atoms. The highest BCUT2D eigenvalue weighted by atomic mass is 35.5. The second kappa shape index (κ2) is 3.60. The predicted octanol–water partition coefficient (Wildman–Crippen LogP) is 2.23. The molecule has 2 nitrogen and oxygen atoms in total. The molecule has 0 aliphatic heterocycles. The van der Waals surface area contributed by atoms with Gasteiger partial charge in [0.15, 0.2) is 0 Å². The lowest BCUT2D eigenvalue weighted by molar-refractivity contribution is 0.495. The van der Waals surface area contributed by atoms with Gasteiger partial charge < -0.3 is 5.43 Å². The summed E-state index contributed by atoms with van der Waals surface area (Å²) in [7, 11) is 3.84. The molecule has 11 heavy (non-hydrogen) atoms. The molecule has 0 aliphatic rings. The zero-order valence-electron chi connectivity index (χ0n) is 6.63. The maximum absolute atomic E-state index is 5.88. The molecule has 0 unspecified atom stereocenters. The van der Waals surface area contributed by atoms with Crippen molar-refractivity contribution in [3.05, 3.63) is 29.3 Å². The molecule has 3 heteroatoms. The first-order valence-electron chi connectivity index (χ1n) is 3.38. The molecule has 0 saturated carbocycles. The zero-order chi connectivity index (χ0) is 8.27. The third-order valence-corrected chi connectivity index (χ3v) is 1.55. The molecule has 0 saturated heterocycles. The van der Waals surface area contributed by atoms with Crippen molar-refractivity contribution in [1.29, 1.82) is 0 Å². The monoisotopic (exact) mass is 170 g/mol. The summed E-state index contributed by atoms with van der Waals surface area (Å²) in [5, 5.41) is 2.59. The van der Waals surface area contributed by atoms with E-state index in [4.69, 9.17) is 11.6 Å². The topological polar surface area (TPSA) is 15.3 Å². The van der Waals surface area contributed by atoms with Crippen molar-refractivity contribution < 1.29 is 0 Å². The Kier molecular flexibility index (Phi) is 2.74. The fraction of sp³-hybridized carbons (Fsp3) is 0.250. The van der Waals surface area contributed by atoms with Gasteiger partial charge in [-0.25, -0.2) is 5.01 Å². The van der Waals surface area contributed by atoms with E-state index in [0.29, 0.717) is 0 Å². The summed E-state index contributed by atoms with van der Waals surface area (Å²) in [6, 6.07) is 7.64. The van der Waals surface area contributed by atoms with Crippen LogP contribution < -0.4 is 5.43 Å². The highest BCUT2D eigenvalue weighted by Crippen LogP contribution is 2.19. The number of para-hydroxylation sites is 1. The van der Waals surface area contributed by atoms with E-state index in [9.17, 15) is 0 Å². The standard InChI is InChI=1S/C8H11ClN2/c1-11(2)10-8-6-4-3-5-7(8)9/h3-6,10H,1-2H3. The zero-order valence-corrected chi connectivity index (χ0v) is 7.39. The molecule has 1 aromatic rings. The second-order valence-corrected chi connectivity index (χ2v) is 2.89. The summed E-state index contributed by atoms with van der Waals surface area (Å²) in [4.78, 5) is 0. The lowest BCUT2D eigenvalue weighted by atomic mass is 10.3. The minimum atomic E-state index is 0.737. The largest absolute Gasteiger partial charge is 0.318 e. The predicted molar refractivity (Wildman–Crippen MR) is 48.8 cm³/mol. The van der Waals surface area contributed by atoms with Crippen LogP contribution >= 0.6 is 11.6 Å². The van der Waals surface area contributed by atoms with Gasteiger partial charge in [0.25, 0.3) is 0 Å². The van der Waals surface area contributed by atoms with Gasteiger partial charge in [0.2, 0.25) is 0 Å². The average molecular weight is 171 g/mol. The van der Waals surface area contributed by atoms with Crippen LogP contribution in [-0.2, 0) is 0 Å². The van der Waals surface area contributed by atoms with E-state index < -0.39 is 0 Å². The highest BCUT2D eigenvalue weighted by molar-refractivity contribution is 6.33. The summed E-state index contributed by atoms with van der Waals surface area (Å²) in [5.74, 6) is 0. The Morgan fingerprint density at radius 3 is 2.45 bits per heavy atom. The molecule has 1 N–H and O–H groups in total. The van der Waals surface area contributed by atoms with Crippen molar-refractivity contribution in [1.82, 2.24) is 5.01 Å². The van der Waals surface area contributed by atoms with E-state index in [2.05, 4.69) is 5.43 Å². The number of anilines is 1. The summed E-state index contributed by atoms with van der Waals surface area (Å²) < 4.78 is 0. The molecule has 0 heterocycles. The van der Waals surface area contributed by atoms with Gasteiger partial charge in [0, 0.05) is 14.1 Å². The normalized spacial score (nSPS) is 10.2. The number of hydrazine groups is 1. The van der Waals surface area contributed by atoms with Crippen molar-refractivity contribution in [3.8, 4) is 0 Å². The molecule has 0 aliphatic carbocycles. The minimum absolute atomic E-state index is 0.737. The first kappa shape index (κ1) is 8.37. The Hall–Kier alpha value is -0.730. The summed E-state index contributed by atoms with van der Waals surface area (Å²) in [6.45, 7) is 0. The van der Waals surface area contributed by atoms with E-state index in [-0.39, 0.29) is 0 Å². The maximum Gasteiger partial charge on any atom is 0.0676 e. The van der Waals surface area contributed by atoms with Crippen molar-refractivity contribution in [2.24, 2.45) is 0 Å². The SMILES string of the molecule is CN(C)Nc1ccccc1Cl. The molecule has 0 radical (unpaired) electrons. The number of hydrogen-bond acceptors (Lipinski definition) is 2. The molecule has 1 rings (SSSR count).